The molecule has 2 N–H and O–H groups in total. The van der Waals surface area contributed by atoms with E-state index >= 15 is 0 Å². The molecule has 1 aromatic carbocycles. The molecule has 0 amide bonds. The van der Waals surface area contributed by atoms with E-state index in [4.69, 9.17) is 10.3 Å². The van der Waals surface area contributed by atoms with E-state index < -0.39 is 5.82 Å². The first-order valence-electron chi connectivity index (χ1n) is 5.96. The van der Waals surface area contributed by atoms with Gasteiger partial charge in [0, 0.05) is 11.4 Å². The molecule has 6 heteroatoms. The maximum Gasteiger partial charge on any atom is 0.261 e. The van der Waals surface area contributed by atoms with Gasteiger partial charge >= 0.3 is 0 Å². The van der Waals surface area contributed by atoms with Crippen molar-refractivity contribution in [2.24, 2.45) is 0 Å². The standard InChI is InChI=1S/C14H11FN4O/c1-8-3-2-4-12(17-8)13-18-14(20-19-13)10-6-5-9(16)7-11(10)15/h2-7H,16H2,1H3. The van der Waals surface area contributed by atoms with Crippen molar-refractivity contribution in [3.63, 3.8) is 0 Å². The third-order valence-corrected chi connectivity index (χ3v) is 2.77. The van der Waals surface area contributed by atoms with Gasteiger partial charge in [0.2, 0.25) is 5.82 Å². The number of nitrogen functional groups attached to an aromatic ring is 1. The quantitative estimate of drug-likeness (QED) is 0.724. The predicted molar refractivity (Wildman–Crippen MR) is 72.1 cm³/mol. The summed E-state index contributed by atoms with van der Waals surface area (Å²) in [5, 5.41) is 3.82. The number of nitrogens with two attached hydrogens (primary N) is 1. The molecule has 100 valence electrons. The number of hydrogen-bond donors (Lipinski definition) is 1. The zero-order chi connectivity index (χ0) is 14.1. The monoisotopic (exact) mass is 270 g/mol. The molecule has 0 saturated carbocycles. The predicted octanol–water partition coefficient (Wildman–Crippen LogP) is 2.83. The normalized spacial score (nSPS) is 10.7. The SMILES string of the molecule is Cc1cccc(-c2noc(-c3ccc(N)cc3F)n2)n1. The molecular weight excluding hydrogens is 259 g/mol. The van der Waals surface area contributed by atoms with Crippen LogP contribution < -0.4 is 5.73 Å². The van der Waals surface area contributed by atoms with Gasteiger partial charge in [-0.2, -0.15) is 4.98 Å². The van der Waals surface area contributed by atoms with Crippen LogP contribution in [-0.2, 0) is 0 Å². The Hall–Kier alpha value is -2.76. The number of benzene rings is 1. The van der Waals surface area contributed by atoms with Gasteiger partial charge in [-0.25, -0.2) is 9.37 Å². The van der Waals surface area contributed by atoms with Gasteiger partial charge in [0.1, 0.15) is 11.5 Å². The van der Waals surface area contributed by atoms with Gasteiger partial charge < -0.3 is 10.3 Å². The number of anilines is 1. The average Bonchev–Trinajstić information content (AvgIpc) is 2.88. The van der Waals surface area contributed by atoms with Crippen LogP contribution in [0.15, 0.2) is 40.9 Å². The van der Waals surface area contributed by atoms with Crippen molar-refractivity contribution in [2.45, 2.75) is 6.92 Å². The maximum atomic E-state index is 13.8. The minimum atomic E-state index is -0.502. The van der Waals surface area contributed by atoms with Gasteiger partial charge in [-0.15, -0.1) is 0 Å². The van der Waals surface area contributed by atoms with E-state index in [0.29, 0.717) is 17.2 Å². The minimum absolute atomic E-state index is 0.0980. The first-order chi connectivity index (χ1) is 9.63. The number of aromatic nitrogens is 3. The van der Waals surface area contributed by atoms with Crippen LogP contribution in [0.3, 0.4) is 0 Å². The van der Waals surface area contributed by atoms with Gasteiger partial charge in [0.15, 0.2) is 0 Å². The van der Waals surface area contributed by atoms with Crippen LogP contribution in [0, 0.1) is 12.7 Å². The molecule has 0 radical (unpaired) electrons. The topological polar surface area (TPSA) is 77.8 Å². The molecule has 0 aliphatic rings. The second-order valence-electron chi connectivity index (χ2n) is 4.33. The number of aryl methyl sites for hydroxylation is 1. The van der Waals surface area contributed by atoms with Crippen molar-refractivity contribution in [1.29, 1.82) is 0 Å². The summed E-state index contributed by atoms with van der Waals surface area (Å²) in [5.41, 5.74) is 7.47. The molecule has 0 spiro atoms. The third kappa shape index (κ3) is 2.23. The van der Waals surface area contributed by atoms with Crippen LogP contribution in [0.25, 0.3) is 23.0 Å². The van der Waals surface area contributed by atoms with Gasteiger partial charge in [-0.1, -0.05) is 11.2 Å². The molecule has 5 nitrogen and oxygen atoms in total. The second-order valence-corrected chi connectivity index (χ2v) is 4.33. The van der Waals surface area contributed by atoms with Crippen molar-refractivity contribution in [3.8, 4) is 23.0 Å². The van der Waals surface area contributed by atoms with E-state index in [1.165, 1.54) is 12.1 Å². The molecule has 0 aliphatic carbocycles. The summed E-state index contributed by atoms with van der Waals surface area (Å²) in [5.74, 6) is -0.0851. The summed E-state index contributed by atoms with van der Waals surface area (Å²) in [6.07, 6.45) is 0. The largest absolute Gasteiger partial charge is 0.399 e. The van der Waals surface area contributed by atoms with E-state index in [2.05, 4.69) is 15.1 Å². The highest BCUT2D eigenvalue weighted by Gasteiger charge is 2.15. The Morgan fingerprint density at radius 2 is 2.00 bits per heavy atom. The highest BCUT2D eigenvalue weighted by Crippen LogP contribution is 2.25. The van der Waals surface area contributed by atoms with E-state index in [-0.39, 0.29) is 11.5 Å². The molecule has 0 atom stereocenters. The van der Waals surface area contributed by atoms with E-state index in [1.54, 1.807) is 12.1 Å². The summed E-state index contributed by atoms with van der Waals surface area (Å²) < 4.78 is 18.9. The van der Waals surface area contributed by atoms with Crippen LogP contribution in [0.2, 0.25) is 0 Å². The van der Waals surface area contributed by atoms with E-state index in [9.17, 15) is 4.39 Å². The van der Waals surface area contributed by atoms with Crippen molar-refractivity contribution in [3.05, 3.63) is 47.9 Å². The van der Waals surface area contributed by atoms with Crippen LogP contribution in [0.1, 0.15) is 5.69 Å². The average molecular weight is 270 g/mol. The fourth-order valence-corrected chi connectivity index (χ4v) is 1.81. The van der Waals surface area contributed by atoms with Gasteiger partial charge in [-0.3, -0.25) is 0 Å². The second kappa shape index (κ2) is 4.73. The summed E-state index contributed by atoms with van der Waals surface area (Å²) >= 11 is 0. The molecule has 2 heterocycles. The minimum Gasteiger partial charge on any atom is -0.399 e. The molecule has 2 aromatic heterocycles. The van der Waals surface area contributed by atoms with Gasteiger partial charge in [0.25, 0.3) is 5.89 Å². The summed E-state index contributed by atoms with van der Waals surface area (Å²) in [6.45, 7) is 1.87. The van der Waals surface area contributed by atoms with Crippen molar-refractivity contribution in [2.75, 3.05) is 5.73 Å². The first kappa shape index (κ1) is 12.3. The molecule has 0 fully saturated rings. The van der Waals surface area contributed by atoms with Gasteiger partial charge in [-0.05, 0) is 37.3 Å². The fraction of sp³-hybridized carbons (Fsp3) is 0.0714. The van der Waals surface area contributed by atoms with Crippen LogP contribution >= 0.6 is 0 Å². The van der Waals surface area contributed by atoms with Crippen molar-refractivity contribution in [1.82, 2.24) is 15.1 Å². The van der Waals surface area contributed by atoms with Crippen LogP contribution in [0.5, 0.6) is 0 Å². The molecule has 3 rings (SSSR count). The molecule has 0 saturated heterocycles. The number of rotatable bonds is 2. The Balaban J connectivity index is 2.02. The Bertz CT molecular complexity index is 769. The van der Waals surface area contributed by atoms with Crippen molar-refractivity contribution >= 4 is 5.69 Å². The maximum absolute atomic E-state index is 13.8. The zero-order valence-corrected chi connectivity index (χ0v) is 10.7. The molecule has 20 heavy (non-hydrogen) atoms. The van der Waals surface area contributed by atoms with Crippen molar-refractivity contribution < 1.29 is 8.91 Å². The lowest BCUT2D eigenvalue weighted by atomic mass is 10.2. The highest BCUT2D eigenvalue weighted by molar-refractivity contribution is 5.60. The smallest absolute Gasteiger partial charge is 0.261 e. The molecule has 0 aliphatic heterocycles. The lowest BCUT2D eigenvalue weighted by Crippen LogP contribution is -1.90. The first-order valence-corrected chi connectivity index (χ1v) is 5.96. The van der Waals surface area contributed by atoms with E-state index in [1.807, 2.05) is 19.1 Å². The lowest BCUT2D eigenvalue weighted by Gasteiger charge is -1.98. The summed E-state index contributed by atoms with van der Waals surface area (Å²) in [7, 11) is 0. The number of halogens is 1. The molecular formula is C14H11FN4O. The number of nitrogens with zero attached hydrogens (tertiary/aromatic N) is 3. The number of pyridine rings is 1. The summed E-state index contributed by atoms with van der Waals surface area (Å²) in [6, 6.07) is 9.77. The van der Waals surface area contributed by atoms with Gasteiger partial charge in [0.05, 0.1) is 5.56 Å². The lowest BCUT2D eigenvalue weighted by molar-refractivity contribution is 0.429. The Morgan fingerprint density at radius 1 is 1.15 bits per heavy atom. The Morgan fingerprint density at radius 3 is 2.75 bits per heavy atom. The fourth-order valence-electron chi connectivity index (χ4n) is 1.81. The molecule has 0 unspecified atom stereocenters. The summed E-state index contributed by atoms with van der Waals surface area (Å²) in [4.78, 5) is 8.45. The third-order valence-electron chi connectivity index (χ3n) is 2.77. The highest BCUT2D eigenvalue weighted by atomic mass is 19.1. The Labute approximate surface area is 114 Å². The van der Waals surface area contributed by atoms with Crippen LogP contribution in [0.4, 0.5) is 10.1 Å². The molecule has 3 aromatic rings. The van der Waals surface area contributed by atoms with E-state index in [0.717, 1.165) is 5.69 Å². The molecule has 0 bridgehead atoms. The van der Waals surface area contributed by atoms with Crippen LogP contribution in [-0.4, -0.2) is 15.1 Å². The zero-order valence-electron chi connectivity index (χ0n) is 10.7. The Kier molecular flexibility index (Phi) is 2.90. The number of hydrogen-bond acceptors (Lipinski definition) is 5.